The second-order valence-electron chi connectivity index (χ2n) is 5.51. The second-order valence-corrected chi connectivity index (χ2v) is 5.51. The maximum absolute atomic E-state index is 12.6. The van der Waals surface area contributed by atoms with E-state index in [1.165, 1.54) is 0 Å². The van der Waals surface area contributed by atoms with Gasteiger partial charge in [0.1, 0.15) is 5.52 Å². The van der Waals surface area contributed by atoms with Gasteiger partial charge < -0.3 is 19.8 Å². The van der Waals surface area contributed by atoms with Crippen LogP contribution in [0.3, 0.4) is 0 Å². The van der Waals surface area contributed by atoms with Crippen molar-refractivity contribution in [1.29, 1.82) is 0 Å². The van der Waals surface area contributed by atoms with E-state index in [2.05, 4.69) is 15.6 Å². The van der Waals surface area contributed by atoms with Gasteiger partial charge in [0.15, 0.2) is 11.5 Å². The van der Waals surface area contributed by atoms with Crippen LogP contribution in [0.5, 0.6) is 0 Å². The number of benzene rings is 1. The smallest absolute Gasteiger partial charge is 0.234 e. The molecule has 1 aliphatic heterocycles. The molecule has 1 unspecified atom stereocenters. The van der Waals surface area contributed by atoms with Crippen LogP contribution in [-0.4, -0.2) is 37.7 Å². The fraction of sp³-hybridized carbons (Fsp3) is 0.467. The van der Waals surface area contributed by atoms with Crippen molar-refractivity contribution in [3.05, 3.63) is 24.1 Å². The number of nitrogens with zero attached hydrogens (tertiary/aromatic N) is 1. The van der Waals surface area contributed by atoms with Crippen LogP contribution in [-0.2, 0) is 9.53 Å². The largest absolute Gasteiger partial charge is 0.441 e. The van der Waals surface area contributed by atoms with Crippen molar-refractivity contribution < 1.29 is 13.9 Å². The molecule has 3 rings (SSSR count). The summed E-state index contributed by atoms with van der Waals surface area (Å²) >= 11 is 0. The van der Waals surface area contributed by atoms with Crippen molar-refractivity contribution in [3.8, 4) is 0 Å². The number of fused-ring (bicyclic) bond motifs is 1. The Morgan fingerprint density at radius 2 is 2.43 bits per heavy atom. The summed E-state index contributed by atoms with van der Waals surface area (Å²) in [7, 11) is 1.62. The highest BCUT2D eigenvalue weighted by molar-refractivity contribution is 5.97. The summed E-state index contributed by atoms with van der Waals surface area (Å²) in [6.07, 6.45) is 0.776. The zero-order chi connectivity index (χ0) is 14.9. The van der Waals surface area contributed by atoms with E-state index in [0.717, 1.165) is 29.8 Å². The number of nitrogens with one attached hydrogen (secondary N) is 2. The zero-order valence-corrected chi connectivity index (χ0v) is 12.2. The molecule has 0 spiro atoms. The molecule has 6 heteroatoms. The van der Waals surface area contributed by atoms with Crippen molar-refractivity contribution in [1.82, 2.24) is 10.3 Å². The van der Waals surface area contributed by atoms with Crippen LogP contribution in [0.15, 0.2) is 22.6 Å². The predicted octanol–water partition coefficient (Wildman–Crippen LogP) is 1.70. The fourth-order valence-electron chi connectivity index (χ4n) is 2.79. The molecule has 21 heavy (non-hydrogen) atoms. The van der Waals surface area contributed by atoms with Crippen LogP contribution >= 0.6 is 0 Å². The molecule has 2 aromatic rings. The van der Waals surface area contributed by atoms with Crippen molar-refractivity contribution in [2.75, 3.05) is 32.1 Å². The zero-order valence-electron chi connectivity index (χ0n) is 12.2. The molecule has 6 nitrogen and oxygen atoms in total. The van der Waals surface area contributed by atoms with Crippen LogP contribution in [0.25, 0.3) is 11.1 Å². The molecule has 2 heterocycles. The predicted molar refractivity (Wildman–Crippen MR) is 79.2 cm³/mol. The first-order valence-corrected chi connectivity index (χ1v) is 7.01. The van der Waals surface area contributed by atoms with Gasteiger partial charge in [-0.1, -0.05) is 0 Å². The molecular formula is C15H19N3O3. The molecule has 1 amide bonds. The normalized spacial score (nSPS) is 21.8. The number of rotatable bonds is 4. The lowest BCUT2D eigenvalue weighted by Gasteiger charge is -2.25. The Morgan fingerprint density at radius 1 is 1.57 bits per heavy atom. The van der Waals surface area contributed by atoms with E-state index in [4.69, 9.17) is 9.15 Å². The Hall–Kier alpha value is -1.92. The summed E-state index contributed by atoms with van der Waals surface area (Å²) in [5, 5.41) is 6.20. The average Bonchev–Trinajstić information content (AvgIpc) is 3.05. The molecule has 0 saturated carbocycles. The molecule has 0 radical (unpaired) electrons. The Kier molecular flexibility index (Phi) is 3.65. The quantitative estimate of drug-likeness (QED) is 0.896. The minimum atomic E-state index is -0.497. The van der Waals surface area contributed by atoms with Gasteiger partial charge in [0.05, 0.1) is 12.0 Å². The number of carbonyl (C=O) groups is 1. The first-order chi connectivity index (χ1) is 10.1. The molecule has 1 aromatic heterocycles. The first-order valence-electron chi connectivity index (χ1n) is 7.01. The summed E-state index contributed by atoms with van der Waals surface area (Å²) in [6.45, 7) is 3.68. The highest BCUT2D eigenvalue weighted by atomic mass is 16.5. The van der Waals surface area contributed by atoms with E-state index in [9.17, 15) is 4.79 Å². The Balaban J connectivity index is 1.81. The Morgan fingerprint density at radius 3 is 3.14 bits per heavy atom. The van der Waals surface area contributed by atoms with Gasteiger partial charge in [-0.3, -0.25) is 4.79 Å². The van der Waals surface area contributed by atoms with Crippen LogP contribution in [0.4, 0.5) is 5.69 Å². The van der Waals surface area contributed by atoms with Gasteiger partial charge in [0, 0.05) is 26.3 Å². The van der Waals surface area contributed by atoms with Gasteiger partial charge in [-0.2, -0.15) is 0 Å². The van der Waals surface area contributed by atoms with Gasteiger partial charge >= 0.3 is 0 Å². The number of hydrogen-bond acceptors (Lipinski definition) is 5. The summed E-state index contributed by atoms with van der Waals surface area (Å²) in [5.41, 5.74) is 1.70. The topological polar surface area (TPSA) is 76.4 Å². The first kappa shape index (κ1) is 14.0. The maximum Gasteiger partial charge on any atom is 0.234 e. The number of hydrogen-bond donors (Lipinski definition) is 2. The van der Waals surface area contributed by atoms with Crippen molar-refractivity contribution in [2.24, 2.45) is 5.41 Å². The highest BCUT2D eigenvalue weighted by Crippen LogP contribution is 2.28. The van der Waals surface area contributed by atoms with Gasteiger partial charge in [-0.25, -0.2) is 4.98 Å². The number of anilines is 1. The second kappa shape index (κ2) is 5.46. The molecule has 2 N–H and O–H groups in total. The third kappa shape index (κ3) is 2.64. The molecule has 1 aromatic carbocycles. The third-order valence-electron chi connectivity index (χ3n) is 3.90. The van der Waals surface area contributed by atoms with Crippen LogP contribution in [0.2, 0.25) is 0 Å². The monoisotopic (exact) mass is 289 g/mol. The number of aryl methyl sites for hydroxylation is 1. The number of carbonyl (C=O) groups excluding carboxylic acids is 1. The van der Waals surface area contributed by atoms with Gasteiger partial charge in [-0.15, -0.1) is 0 Å². The average molecular weight is 289 g/mol. The molecule has 0 bridgehead atoms. The van der Waals surface area contributed by atoms with Crippen LogP contribution < -0.4 is 10.6 Å². The summed E-state index contributed by atoms with van der Waals surface area (Å²) in [6, 6.07) is 5.47. The van der Waals surface area contributed by atoms with Gasteiger partial charge in [0.2, 0.25) is 5.91 Å². The summed E-state index contributed by atoms with van der Waals surface area (Å²) < 4.78 is 10.7. The standard InChI is InChI=1S/C15H19N3O3/c1-10-17-12-7-11(3-4-13(12)21-10)18-14(19)15(9-20-2)5-6-16-8-15/h3-4,7,16H,5-6,8-9H2,1-2H3,(H,18,19). The number of amides is 1. The van der Waals surface area contributed by atoms with Crippen molar-refractivity contribution in [2.45, 2.75) is 13.3 Å². The van der Waals surface area contributed by atoms with E-state index in [0.29, 0.717) is 19.0 Å². The highest BCUT2D eigenvalue weighted by Gasteiger charge is 2.41. The molecule has 0 aliphatic carbocycles. The summed E-state index contributed by atoms with van der Waals surface area (Å²) in [5.74, 6) is 0.596. The lowest BCUT2D eigenvalue weighted by molar-refractivity contribution is -0.127. The number of aromatic nitrogens is 1. The van der Waals surface area contributed by atoms with E-state index in [-0.39, 0.29) is 5.91 Å². The van der Waals surface area contributed by atoms with E-state index >= 15 is 0 Å². The van der Waals surface area contributed by atoms with Crippen LogP contribution in [0.1, 0.15) is 12.3 Å². The van der Waals surface area contributed by atoms with Crippen molar-refractivity contribution >= 4 is 22.7 Å². The van der Waals surface area contributed by atoms with Crippen molar-refractivity contribution in [3.63, 3.8) is 0 Å². The van der Waals surface area contributed by atoms with E-state index < -0.39 is 5.41 Å². The Bertz CT molecular complexity index is 659. The Labute approximate surface area is 122 Å². The molecule has 1 atom stereocenters. The van der Waals surface area contributed by atoms with Gasteiger partial charge in [0.25, 0.3) is 0 Å². The minimum absolute atomic E-state index is 0.0195. The molecule has 112 valence electrons. The molecule has 1 saturated heterocycles. The third-order valence-corrected chi connectivity index (χ3v) is 3.90. The maximum atomic E-state index is 12.6. The lowest BCUT2D eigenvalue weighted by atomic mass is 9.87. The molecule has 1 aliphatic rings. The number of ether oxygens (including phenoxy) is 1. The van der Waals surface area contributed by atoms with Gasteiger partial charge in [-0.05, 0) is 31.2 Å². The number of methoxy groups -OCH3 is 1. The molecule has 1 fully saturated rings. The lowest BCUT2D eigenvalue weighted by Crippen LogP contribution is -2.41. The van der Waals surface area contributed by atoms with Crippen LogP contribution in [0, 0.1) is 12.3 Å². The SMILES string of the molecule is COCC1(C(=O)Nc2ccc3oc(C)nc3c2)CCNC1. The minimum Gasteiger partial charge on any atom is -0.441 e. The fourth-order valence-corrected chi connectivity index (χ4v) is 2.79. The summed E-state index contributed by atoms with van der Waals surface area (Å²) in [4.78, 5) is 16.9. The number of oxazole rings is 1. The van der Waals surface area contributed by atoms with E-state index in [1.54, 1.807) is 14.0 Å². The van der Waals surface area contributed by atoms with E-state index in [1.807, 2.05) is 18.2 Å². The molecular weight excluding hydrogens is 270 g/mol.